The third kappa shape index (κ3) is 4.25. The molecule has 2 heteroatoms. The second-order valence-corrected chi connectivity index (χ2v) is 5.71. The molecule has 2 rings (SSSR count). The van der Waals surface area contributed by atoms with Crippen molar-refractivity contribution in [3.63, 3.8) is 0 Å². The van der Waals surface area contributed by atoms with Gasteiger partial charge < -0.3 is 10.4 Å². The molecule has 1 unspecified atom stereocenters. The second kappa shape index (κ2) is 7.16. The summed E-state index contributed by atoms with van der Waals surface area (Å²) in [5.41, 5.74) is 5.25. The number of nitrogens with one attached hydrogen (secondary N) is 1. The van der Waals surface area contributed by atoms with Gasteiger partial charge in [-0.05, 0) is 61.9 Å². The van der Waals surface area contributed by atoms with Crippen LogP contribution < -0.4 is 5.32 Å². The zero-order chi connectivity index (χ0) is 15.2. The molecule has 112 valence electrons. The summed E-state index contributed by atoms with van der Waals surface area (Å²) in [6, 6.07) is 14.4. The molecule has 0 aliphatic heterocycles. The van der Waals surface area contributed by atoms with E-state index in [-0.39, 0.29) is 0 Å². The molecule has 0 aliphatic rings. The summed E-state index contributed by atoms with van der Waals surface area (Å²) in [7, 11) is 0. The van der Waals surface area contributed by atoms with Crippen LogP contribution in [0, 0.1) is 6.92 Å². The van der Waals surface area contributed by atoms with Crippen LogP contribution in [0.3, 0.4) is 0 Å². The van der Waals surface area contributed by atoms with Crippen molar-refractivity contribution >= 4 is 5.69 Å². The van der Waals surface area contributed by atoms with Crippen LogP contribution in [0.5, 0.6) is 5.75 Å². The van der Waals surface area contributed by atoms with Crippen LogP contribution in [-0.2, 0) is 12.8 Å². The highest BCUT2D eigenvalue weighted by molar-refractivity contribution is 5.57. The Morgan fingerprint density at radius 3 is 2.48 bits per heavy atom. The molecule has 0 spiro atoms. The number of rotatable bonds is 6. The van der Waals surface area contributed by atoms with Crippen molar-refractivity contribution in [3.8, 4) is 5.75 Å². The number of hydrogen-bond acceptors (Lipinski definition) is 2. The zero-order valence-electron chi connectivity index (χ0n) is 13.2. The minimum Gasteiger partial charge on any atom is -0.508 e. The first-order valence-electron chi connectivity index (χ1n) is 7.73. The second-order valence-electron chi connectivity index (χ2n) is 5.71. The molecule has 2 aromatic carbocycles. The van der Waals surface area contributed by atoms with Crippen molar-refractivity contribution in [3.05, 3.63) is 59.2 Å². The number of para-hydroxylation sites is 1. The summed E-state index contributed by atoms with van der Waals surface area (Å²) < 4.78 is 0. The van der Waals surface area contributed by atoms with Gasteiger partial charge in [-0.15, -0.1) is 0 Å². The van der Waals surface area contributed by atoms with Gasteiger partial charge in [0.25, 0.3) is 0 Å². The number of anilines is 1. The number of benzene rings is 2. The SMILES string of the molecule is CCc1cccc(C)c1NC(C)CCc1ccc(O)cc1. The predicted octanol–water partition coefficient (Wildman–Crippen LogP) is 4.70. The fraction of sp³-hybridized carbons (Fsp3) is 0.368. The molecule has 0 aliphatic carbocycles. The smallest absolute Gasteiger partial charge is 0.115 e. The Morgan fingerprint density at radius 1 is 1.10 bits per heavy atom. The summed E-state index contributed by atoms with van der Waals surface area (Å²) in [5, 5.41) is 13.0. The van der Waals surface area contributed by atoms with Crippen LogP contribution in [0.1, 0.15) is 37.0 Å². The maximum atomic E-state index is 9.30. The lowest BCUT2D eigenvalue weighted by atomic mass is 10.0. The maximum absolute atomic E-state index is 9.30. The first kappa shape index (κ1) is 15.4. The summed E-state index contributed by atoms with van der Waals surface area (Å²) in [6.45, 7) is 6.58. The van der Waals surface area contributed by atoms with E-state index in [0.717, 1.165) is 19.3 Å². The fourth-order valence-corrected chi connectivity index (χ4v) is 2.59. The Bertz CT molecular complexity index is 575. The van der Waals surface area contributed by atoms with E-state index in [1.165, 1.54) is 22.4 Å². The largest absolute Gasteiger partial charge is 0.508 e. The van der Waals surface area contributed by atoms with Gasteiger partial charge >= 0.3 is 0 Å². The molecule has 0 radical (unpaired) electrons. The normalized spacial score (nSPS) is 12.1. The maximum Gasteiger partial charge on any atom is 0.115 e. The van der Waals surface area contributed by atoms with Crippen LogP contribution in [0.2, 0.25) is 0 Å². The third-order valence-corrected chi connectivity index (χ3v) is 3.93. The highest BCUT2D eigenvalue weighted by atomic mass is 16.3. The van der Waals surface area contributed by atoms with Crippen LogP contribution in [-0.4, -0.2) is 11.1 Å². The standard InChI is InChI=1S/C19H25NO/c1-4-17-7-5-6-14(2)19(17)20-15(3)8-9-16-10-12-18(21)13-11-16/h5-7,10-13,15,20-21H,4,8-9H2,1-3H3. The summed E-state index contributed by atoms with van der Waals surface area (Å²) in [6.07, 6.45) is 3.14. The zero-order valence-corrected chi connectivity index (χ0v) is 13.2. The van der Waals surface area contributed by atoms with Gasteiger partial charge in [0.1, 0.15) is 5.75 Å². The molecular formula is C19H25NO. The van der Waals surface area contributed by atoms with Crippen molar-refractivity contribution in [1.82, 2.24) is 0 Å². The third-order valence-electron chi connectivity index (χ3n) is 3.93. The van der Waals surface area contributed by atoms with Gasteiger partial charge in [-0.2, -0.15) is 0 Å². The monoisotopic (exact) mass is 283 g/mol. The minimum absolute atomic E-state index is 0.331. The van der Waals surface area contributed by atoms with Crippen molar-refractivity contribution in [1.29, 1.82) is 0 Å². The van der Waals surface area contributed by atoms with E-state index in [2.05, 4.69) is 44.3 Å². The van der Waals surface area contributed by atoms with E-state index < -0.39 is 0 Å². The molecule has 0 fully saturated rings. The van der Waals surface area contributed by atoms with Gasteiger partial charge in [0, 0.05) is 11.7 Å². The van der Waals surface area contributed by atoms with Crippen molar-refractivity contribution in [2.24, 2.45) is 0 Å². The van der Waals surface area contributed by atoms with Crippen LogP contribution in [0.25, 0.3) is 0 Å². The molecule has 0 saturated heterocycles. The number of phenolic OH excluding ortho intramolecular Hbond substituents is 1. The van der Waals surface area contributed by atoms with Crippen molar-refractivity contribution in [2.75, 3.05) is 5.32 Å². The van der Waals surface area contributed by atoms with Crippen LogP contribution in [0.15, 0.2) is 42.5 Å². The topological polar surface area (TPSA) is 32.3 Å². The molecule has 0 bridgehead atoms. The molecule has 2 N–H and O–H groups in total. The first-order valence-corrected chi connectivity index (χ1v) is 7.73. The Kier molecular flexibility index (Phi) is 5.26. The molecule has 21 heavy (non-hydrogen) atoms. The van der Waals surface area contributed by atoms with E-state index in [1.807, 2.05) is 12.1 Å². The fourth-order valence-electron chi connectivity index (χ4n) is 2.59. The van der Waals surface area contributed by atoms with Gasteiger partial charge in [-0.1, -0.05) is 37.3 Å². The molecule has 2 aromatic rings. The van der Waals surface area contributed by atoms with E-state index in [0.29, 0.717) is 11.8 Å². The number of aromatic hydroxyl groups is 1. The van der Waals surface area contributed by atoms with Gasteiger partial charge in [0.05, 0.1) is 0 Å². The van der Waals surface area contributed by atoms with Crippen LogP contribution in [0.4, 0.5) is 5.69 Å². The predicted molar refractivity (Wildman–Crippen MR) is 90.1 cm³/mol. The molecule has 0 saturated carbocycles. The van der Waals surface area contributed by atoms with Gasteiger partial charge in [-0.3, -0.25) is 0 Å². The van der Waals surface area contributed by atoms with Crippen molar-refractivity contribution < 1.29 is 5.11 Å². The molecule has 0 aromatic heterocycles. The minimum atomic E-state index is 0.331. The Hall–Kier alpha value is -1.96. The Labute approximate surface area is 127 Å². The molecular weight excluding hydrogens is 258 g/mol. The lowest BCUT2D eigenvalue weighted by Gasteiger charge is -2.20. The van der Waals surface area contributed by atoms with E-state index >= 15 is 0 Å². The number of hydrogen-bond donors (Lipinski definition) is 2. The number of phenols is 1. The summed E-state index contributed by atoms with van der Waals surface area (Å²) in [4.78, 5) is 0. The quantitative estimate of drug-likeness (QED) is 0.805. The van der Waals surface area contributed by atoms with E-state index in [4.69, 9.17) is 0 Å². The molecule has 0 amide bonds. The van der Waals surface area contributed by atoms with Gasteiger partial charge in [-0.25, -0.2) is 0 Å². The van der Waals surface area contributed by atoms with Gasteiger partial charge in [0.15, 0.2) is 0 Å². The van der Waals surface area contributed by atoms with Crippen LogP contribution >= 0.6 is 0 Å². The van der Waals surface area contributed by atoms with E-state index in [9.17, 15) is 5.11 Å². The first-order chi connectivity index (χ1) is 10.1. The Balaban J connectivity index is 1.96. The molecule has 0 heterocycles. The number of aryl methyl sites for hydroxylation is 3. The van der Waals surface area contributed by atoms with Crippen molar-refractivity contribution in [2.45, 2.75) is 46.1 Å². The Morgan fingerprint density at radius 2 is 1.81 bits per heavy atom. The summed E-state index contributed by atoms with van der Waals surface area (Å²) in [5.74, 6) is 0.331. The molecule has 2 nitrogen and oxygen atoms in total. The van der Waals surface area contributed by atoms with Gasteiger partial charge in [0.2, 0.25) is 0 Å². The van der Waals surface area contributed by atoms with E-state index in [1.54, 1.807) is 12.1 Å². The average Bonchev–Trinajstić information content (AvgIpc) is 2.49. The highest BCUT2D eigenvalue weighted by Gasteiger charge is 2.08. The summed E-state index contributed by atoms with van der Waals surface area (Å²) >= 11 is 0. The molecule has 1 atom stereocenters. The highest BCUT2D eigenvalue weighted by Crippen LogP contribution is 2.23. The lowest BCUT2D eigenvalue weighted by Crippen LogP contribution is -2.17. The lowest BCUT2D eigenvalue weighted by molar-refractivity contribution is 0.475. The average molecular weight is 283 g/mol.